The first-order valence-electron chi connectivity index (χ1n) is 5.72. The van der Waals surface area contributed by atoms with E-state index in [1.165, 1.54) is 39.0 Å². The third-order valence-corrected chi connectivity index (χ3v) is 3.12. The SMILES string of the molecule is CCC(CC)CN1CCN[C@H](C)C1. The van der Waals surface area contributed by atoms with Gasteiger partial charge in [-0.05, 0) is 12.8 Å². The van der Waals surface area contributed by atoms with Gasteiger partial charge >= 0.3 is 0 Å². The summed E-state index contributed by atoms with van der Waals surface area (Å²) < 4.78 is 0. The molecule has 0 aromatic rings. The van der Waals surface area contributed by atoms with Crippen LogP contribution in [0.5, 0.6) is 0 Å². The molecule has 0 radical (unpaired) electrons. The number of piperazine rings is 1. The molecule has 0 amide bonds. The predicted octanol–water partition coefficient (Wildman–Crippen LogP) is 1.72. The summed E-state index contributed by atoms with van der Waals surface area (Å²) in [5, 5.41) is 3.48. The van der Waals surface area contributed by atoms with E-state index in [2.05, 4.69) is 31.0 Å². The highest BCUT2D eigenvalue weighted by atomic mass is 15.2. The van der Waals surface area contributed by atoms with Crippen molar-refractivity contribution >= 4 is 0 Å². The monoisotopic (exact) mass is 184 g/mol. The molecule has 0 unspecified atom stereocenters. The second-order valence-electron chi connectivity index (χ2n) is 4.30. The maximum Gasteiger partial charge on any atom is 0.0167 e. The van der Waals surface area contributed by atoms with Gasteiger partial charge in [-0.25, -0.2) is 0 Å². The summed E-state index contributed by atoms with van der Waals surface area (Å²) in [7, 11) is 0. The second kappa shape index (κ2) is 5.61. The van der Waals surface area contributed by atoms with Crippen LogP contribution in [-0.2, 0) is 0 Å². The first kappa shape index (κ1) is 11.0. The highest BCUT2D eigenvalue weighted by molar-refractivity contribution is 4.76. The van der Waals surface area contributed by atoms with E-state index in [0.717, 1.165) is 5.92 Å². The van der Waals surface area contributed by atoms with Crippen molar-refractivity contribution in [2.45, 2.75) is 39.7 Å². The Morgan fingerprint density at radius 3 is 2.62 bits per heavy atom. The highest BCUT2D eigenvalue weighted by Crippen LogP contribution is 2.11. The zero-order valence-corrected chi connectivity index (χ0v) is 9.34. The Hall–Kier alpha value is -0.0800. The first-order valence-corrected chi connectivity index (χ1v) is 5.72. The zero-order chi connectivity index (χ0) is 9.68. The molecule has 2 heteroatoms. The lowest BCUT2D eigenvalue weighted by molar-refractivity contribution is 0.174. The van der Waals surface area contributed by atoms with E-state index in [1.54, 1.807) is 0 Å². The molecule has 78 valence electrons. The molecule has 1 atom stereocenters. The van der Waals surface area contributed by atoms with Crippen LogP contribution >= 0.6 is 0 Å². The second-order valence-corrected chi connectivity index (χ2v) is 4.30. The van der Waals surface area contributed by atoms with E-state index in [9.17, 15) is 0 Å². The van der Waals surface area contributed by atoms with Gasteiger partial charge in [0, 0.05) is 32.2 Å². The van der Waals surface area contributed by atoms with Gasteiger partial charge in [0.25, 0.3) is 0 Å². The average Bonchev–Trinajstić information content (AvgIpc) is 2.14. The van der Waals surface area contributed by atoms with E-state index in [1.807, 2.05) is 0 Å². The summed E-state index contributed by atoms with van der Waals surface area (Å²) in [6, 6.07) is 0.683. The molecule has 0 aromatic heterocycles. The fourth-order valence-electron chi connectivity index (χ4n) is 2.09. The number of nitrogens with one attached hydrogen (secondary N) is 1. The third kappa shape index (κ3) is 3.65. The maximum atomic E-state index is 3.48. The molecule has 1 heterocycles. The van der Waals surface area contributed by atoms with Crippen molar-refractivity contribution in [1.29, 1.82) is 0 Å². The molecule has 1 rings (SSSR count). The van der Waals surface area contributed by atoms with Crippen LogP contribution in [0.1, 0.15) is 33.6 Å². The lowest BCUT2D eigenvalue weighted by Gasteiger charge is -2.33. The fourth-order valence-corrected chi connectivity index (χ4v) is 2.09. The number of hydrogen-bond acceptors (Lipinski definition) is 2. The van der Waals surface area contributed by atoms with Crippen LogP contribution in [-0.4, -0.2) is 37.1 Å². The highest BCUT2D eigenvalue weighted by Gasteiger charge is 2.17. The Morgan fingerprint density at radius 1 is 1.38 bits per heavy atom. The topological polar surface area (TPSA) is 15.3 Å². The van der Waals surface area contributed by atoms with E-state index in [4.69, 9.17) is 0 Å². The predicted molar refractivity (Wildman–Crippen MR) is 58.0 cm³/mol. The van der Waals surface area contributed by atoms with Gasteiger partial charge in [-0.15, -0.1) is 0 Å². The van der Waals surface area contributed by atoms with Crippen molar-refractivity contribution in [3.05, 3.63) is 0 Å². The molecule has 1 saturated heterocycles. The van der Waals surface area contributed by atoms with Crippen LogP contribution in [0.3, 0.4) is 0 Å². The summed E-state index contributed by atoms with van der Waals surface area (Å²) in [6.45, 7) is 11.8. The van der Waals surface area contributed by atoms with Crippen molar-refractivity contribution in [3.8, 4) is 0 Å². The minimum absolute atomic E-state index is 0.683. The summed E-state index contributed by atoms with van der Waals surface area (Å²) in [5.74, 6) is 0.908. The Morgan fingerprint density at radius 2 is 2.08 bits per heavy atom. The molecule has 0 aliphatic carbocycles. The van der Waals surface area contributed by atoms with Gasteiger partial charge in [0.15, 0.2) is 0 Å². The smallest absolute Gasteiger partial charge is 0.0167 e. The molecular formula is C11H24N2. The number of hydrogen-bond donors (Lipinski definition) is 1. The summed E-state index contributed by atoms with van der Waals surface area (Å²) in [4.78, 5) is 2.61. The molecule has 1 aliphatic heterocycles. The van der Waals surface area contributed by atoms with Gasteiger partial charge in [0.05, 0.1) is 0 Å². The molecule has 2 nitrogen and oxygen atoms in total. The lowest BCUT2D eigenvalue weighted by atomic mass is 10.0. The minimum Gasteiger partial charge on any atom is -0.312 e. The molecule has 0 aromatic carbocycles. The molecular weight excluding hydrogens is 160 g/mol. The van der Waals surface area contributed by atoms with Crippen molar-refractivity contribution in [2.24, 2.45) is 5.92 Å². The lowest BCUT2D eigenvalue weighted by Crippen LogP contribution is -2.50. The quantitative estimate of drug-likeness (QED) is 0.715. The third-order valence-electron chi connectivity index (χ3n) is 3.12. The average molecular weight is 184 g/mol. The molecule has 1 aliphatic rings. The van der Waals surface area contributed by atoms with Crippen LogP contribution in [0.25, 0.3) is 0 Å². The molecule has 13 heavy (non-hydrogen) atoms. The van der Waals surface area contributed by atoms with Crippen molar-refractivity contribution in [3.63, 3.8) is 0 Å². The number of rotatable bonds is 4. The largest absolute Gasteiger partial charge is 0.312 e. The Labute approximate surface area is 82.7 Å². The van der Waals surface area contributed by atoms with E-state index < -0.39 is 0 Å². The van der Waals surface area contributed by atoms with E-state index in [0.29, 0.717) is 6.04 Å². The Bertz CT molecular complexity index is 132. The normalized spacial score (nSPS) is 25.4. The van der Waals surface area contributed by atoms with Crippen molar-refractivity contribution in [2.75, 3.05) is 26.2 Å². The van der Waals surface area contributed by atoms with Gasteiger partial charge in [0.1, 0.15) is 0 Å². The van der Waals surface area contributed by atoms with Crippen LogP contribution in [0.4, 0.5) is 0 Å². The van der Waals surface area contributed by atoms with Gasteiger partial charge < -0.3 is 10.2 Å². The van der Waals surface area contributed by atoms with Gasteiger partial charge in [-0.3, -0.25) is 0 Å². The fraction of sp³-hybridized carbons (Fsp3) is 1.00. The first-order chi connectivity index (χ1) is 6.26. The van der Waals surface area contributed by atoms with Gasteiger partial charge in [-0.2, -0.15) is 0 Å². The summed E-state index contributed by atoms with van der Waals surface area (Å²) in [6.07, 6.45) is 2.66. The van der Waals surface area contributed by atoms with E-state index in [-0.39, 0.29) is 0 Å². The Balaban J connectivity index is 2.26. The van der Waals surface area contributed by atoms with Crippen molar-refractivity contribution in [1.82, 2.24) is 10.2 Å². The van der Waals surface area contributed by atoms with Gasteiger partial charge in [-0.1, -0.05) is 26.7 Å². The van der Waals surface area contributed by atoms with Crippen molar-refractivity contribution < 1.29 is 0 Å². The molecule has 0 spiro atoms. The summed E-state index contributed by atoms with van der Waals surface area (Å²) in [5.41, 5.74) is 0. The molecule has 0 bridgehead atoms. The van der Waals surface area contributed by atoms with Crippen LogP contribution in [0.15, 0.2) is 0 Å². The van der Waals surface area contributed by atoms with Crippen LogP contribution in [0.2, 0.25) is 0 Å². The molecule has 1 N–H and O–H groups in total. The van der Waals surface area contributed by atoms with E-state index >= 15 is 0 Å². The minimum atomic E-state index is 0.683. The van der Waals surface area contributed by atoms with Crippen LogP contribution in [0, 0.1) is 5.92 Å². The molecule has 1 fully saturated rings. The number of nitrogens with zero attached hydrogens (tertiary/aromatic N) is 1. The summed E-state index contributed by atoms with van der Waals surface area (Å²) >= 11 is 0. The van der Waals surface area contributed by atoms with Crippen LogP contribution < -0.4 is 5.32 Å². The zero-order valence-electron chi connectivity index (χ0n) is 9.34. The maximum absolute atomic E-state index is 3.48. The molecule has 0 saturated carbocycles. The van der Waals surface area contributed by atoms with Gasteiger partial charge in [0.2, 0.25) is 0 Å². The standard InChI is InChI=1S/C11H24N2/c1-4-11(5-2)9-13-7-6-12-10(3)8-13/h10-12H,4-9H2,1-3H3/t10-/m1/s1. The Kier molecular flexibility index (Phi) is 4.74.